The molecule has 20 heavy (non-hydrogen) atoms. The fourth-order valence-corrected chi connectivity index (χ4v) is 2.62. The van der Waals surface area contributed by atoms with Gasteiger partial charge in [-0.05, 0) is 17.0 Å². The van der Waals surface area contributed by atoms with Crippen molar-refractivity contribution in [1.82, 2.24) is 5.32 Å². The normalized spacial score (nSPS) is 13.7. The third-order valence-corrected chi connectivity index (χ3v) is 3.93. The van der Waals surface area contributed by atoms with Crippen LogP contribution in [0.1, 0.15) is 22.6 Å². The van der Waals surface area contributed by atoms with Gasteiger partial charge in [0, 0.05) is 11.4 Å². The lowest BCUT2D eigenvalue weighted by Crippen LogP contribution is -2.32. The number of carbonyl (C=O) groups excluding carboxylic acids is 1. The largest absolute Gasteiger partial charge is 0.468 e. The van der Waals surface area contributed by atoms with E-state index in [1.807, 2.05) is 47.8 Å². The molecule has 2 rings (SSSR count). The molecule has 0 fully saturated rings. The van der Waals surface area contributed by atoms with Gasteiger partial charge in [0.2, 0.25) is 0 Å². The summed E-state index contributed by atoms with van der Waals surface area (Å²) in [5.41, 5.74) is 0.817. The Morgan fingerprint density at radius 2 is 2.05 bits per heavy atom. The molecule has 106 valence electrons. The maximum atomic E-state index is 11.8. The van der Waals surface area contributed by atoms with E-state index in [0.29, 0.717) is 0 Å². The van der Waals surface area contributed by atoms with E-state index < -0.39 is 12.1 Å². The lowest BCUT2D eigenvalue weighted by Gasteiger charge is -2.18. The molecular weight excluding hydrogens is 274 g/mol. The van der Waals surface area contributed by atoms with E-state index in [9.17, 15) is 9.90 Å². The van der Waals surface area contributed by atoms with Gasteiger partial charge in [-0.1, -0.05) is 36.4 Å². The molecule has 2 aromatic rings. The second-order valence-electron chi connectivity index (χ2n) is 4.31. The van der Waals surface area contributed by atoms with Gasteiger partial charge < -0.3 is 9.84 Å². The number of ether oxygens (including phenoxy) is 1. The number of benzene rings is 1. The topological polar surface area (TPSA) is 58.6 Å². The number of methoxy groups -OCH3 is 1. The van der Waals surface area contributed by atoms with Crippen molar-refractivity contribution in [3.05, 3.63) is 58.3 Å². The van der Waals surface area contributed by atoms with Crippen molar-refractivity contribution >= 4 is 17.3 Å². The Bertz CT molecular complexity index is 527. The molecule has 1 heterocycles. The fraction of sp³-hybridized carbons (Fsp3) is 0.267. The van der Waals surface area contributed by atoms with Crippen molar-refractivity contribution in [2.75, 3.05) is 13.7 Å². The lowest BCUT2D eigenvalue weighted by molar-refractivity contribution is -0.143. The number of nitrogens with one attached hydrogen (secondary N) is 1. The van der Waals surface area contributed by atoms with Crippen molar-refractivity contribution in [2.45, 2.75) is 12.1 Å². The summed E-state index contributed by atoms with van der Waals surface area (Å²) in [6.07, 6.45) is -0.633. The number of aliphatic hydroxyl groups is 1. The molecule has 2 atom stereocenters. The van der Waals surface area contributed by atoms with E-state index in [0.717, 1.165) is 10.4 Å². The first-order chi connectivity index (χ1) is 9.72. The van der Waals surface area contributed by atoms with Gasteiger partial charge in [0.05, 0.1) is 7.11 Å². The van der Waals surface area contributed by atoms with Crippen LogP contribution in [0, 0.1) is 0 Å². The van der Waals surface area contributed by atoms with Gasteiger partial charge in [0.25, 0.3) is 0 Å². The van der Waals surface area contributed by atoms with Crippen molar-refractivity contribution in [3.8, 4) is 0 Å². The van der Waals surface area contributed by atoms with Crippen LogP contribution in [-0.2, 0) is 9.53 Å². The zero-order valence-electron chi connectivity index (χ0n) is 11.2. The first-order valence-corrected chi connectivity index (χ1v) is 7.18. The molecule has 2 N–H and O–H groups in total. The highest BCUT2D eigenvalue weighted by atomic mass is 32.1. The third kappa shape index (κ3) is 3.66. The van der Waals surface area contributed by atoms with Gasteiger partial charge in [0.1, 0.15) is 12.1 Å². The lowest BCUT2D eigenvalue weighted by atomic mass is 10.1. The van der Waals surface area contributed by atoms with Crippen LogP contribution in [0.4, 0.5) is 0 Å². The van der Waals surface area contributed by atoms with Crippen LogP contribution < -0.4 is 5.32 Å². The van der Waals surface area contributed by atoms with Crippen molar-refractivity contribution in [1.29, 1.82) is 0 Å². The first kappa shape index (κ1) is 14.7. The summed E-state index contributed by atoms with van der Waals surface area (Å²) in [7, 11) is 1.36. The van der Waals surface area contributed by atoms with Crippen LogP contribution in [0.25, 0.3) is 0 Å². The Hall–Kier alpha value is -1.69. The van der Waals surface area contributed by atoms with Crippen LogP contribution in [0.2, 0.25) is 0 Å². The maximum absolute atomic E-state index is 11.8. The van der Waals surface area contributed by atoms with Crippen LogP contribution in [0.15, 0.2) is 47.8 Å². The Labute approximate surface area is 122 Å². The van der Waals surface area contributed by atoms with Crippen LogP contribution >= 0.6 is 11.3 Å². The predicted molar refractivity (Wildman–Crippen MR) is 78.5 cm³/mol. The van der Waals surface area contributed by atoms with Gasteiger partial charge in [0.15, 0.2) is 0 Å². The first-order valence-electron chi connectivity index (χ1n) is 6.30. The van der Waals surface area contributed by atoms with Crippen molar-refractivity contribution < 1.29 is 14.6 Å². The average molecular weight is 291 g/mol. The molecule has 2 unspecified atom stereocenters. The van der Waals surface area contributed by atoms with E-state index >= 15 is 0 Å². The Kier molecular flexibility index (Phi) is 5.29. The Morgan fingerprint density at radius 3 is 2.65 bits per heavy atom. The molecule has 0 amide bonds. The number of hydrogen-bond acceptors (Lipinski definition) is 5. The Balaban J connectivity index is 2.04. The molecule has 0 aliphatic carbocycles. The van der Waals surface area contributed by atoms with Crippen LogP contribution in [-0.4, -0.2) is 24.7 Å². The summed E-state index contributed by atoms with van der Waals surface area (Å²) in [6.45, 7) is 0.287. The van der Waals surface area contributed by atoms with E-state index in [1.165, 1.54) is 18.4 Å². The summed E-state index contributed by atoms with van der Waals surface area (Å²) in [5, 5.41) is 15.0. The van der Waals surface area contributed by atoms with Gasteiger partial charge in [-0.2, -0.15) is 0 Å². The smallest absolute Gasteiger partial charge is 0.327 e. The highest BCUT2D eigenvalue weighted by molar-refractivity contribution is 7.10. The second kappa shape index (κ2) is 7.19. The zero-order chi connectivity index (χ0) is 14.4. The highest BCUT2D eigenvalue weighted by Gasteiger charge is 2.22. The number of esters is 1. The zero-order valence-corrected chi connectivity index (χ0v) is 12.0. The van der Waals surface area contributed by atoms with E-state index in [4.69, 9.17) is 4.74 Å². The number of aliphatic hydroxyl groups excluding tert-OH is 1. The SMILES string of the molecule is COC(=O)C(NCC(O)c1cccs1)c1ccccc1. The van der Waals surface area contributed by atoms with Crippen LogP contribution in [0.5, 0.6) is 0 Å². The van der Waals surface area contributed by atoms with Crippen molar-refractivity contribution in [3.63, 3.8) is 0 Å². The minimum absolute atomic E-state index is 0.287. The van der Waals surface area contributed by atoms with E-state index in [2.05, 4.69) is 5.32 Å². The number of hydrogen-bond donors (Lipinski definition) is 2. The predicted octanol–water partition coefficient (Wildman–Crippen LogP) is 2.29. The molecule has 0 aliphatic rings. The molecule has 0 radical (unpaired) electrons. The summed E-state index contributed by atoms with van der Waals surface area (Å²) in [5.74, 6) is -0.366. The van der Waals surface area contributed by atoms with Gasteiger partial charge >= 0.3 is 5.97 Å². The molecule has 0 saturated carbocycles. The average Bonchev–Trinajstić information content (AvgIpc) is 3.02. The molecular formula is C15H17NO3S. The molecule has 5 heteroatoms. The number of thiophene rings is 1. The van der Waals surface area contributed by atoms with E-state index in [1.54, 1.807) is 0 Å². The minimum atomic E-state index is -0.633. The summed E-state index contributed by atoms with van der Waals surface area (Å²) < 4.78 is 4.81. The monoisotopic (exact) mass is 291 g/mol. The fourth-order valence-electron chi connectivity index (χ4n) is 1.91. The van der Waals surface area contributed by atoms with Crippen LogP contribution in [0.3, 0.4) is 0 Å². The number of rotatable bonds is 6. The number of carbonyl (C=O) groups is 1. The minimum Gasteiger partial charge on any atom is -0.468 e. The van der Waals surface area contributed by atoms with Crippen molar-refractivity contribution in [2.24, 2.45) is 0 Å². The molecule has 0 aliphatic heterocycles. The molecule has 4 nitrogen and oxygen atoms in total. The molecule has 0 saturated heterocycles. The quantitative estimate of drug-likeness (QED) is 0.802. The highest BCUT2D eigenvalue weighted by Crippen LogP contribution is 2.20. The summed E-state index contributed by atoms with van der Waals surface area (Å²) >= 11 is 1.49. The molecule has 0 spiro atoms. The van der Waals surface area contributed by atoms with Gasteiger partial charge in [-0.15, -0.1) is 11.3 Å². The second-order valence-corrected chi connectivity index (χ2v) is 5.29. The standard InChI is InChI=1S/C15H17NO3S/c1-19-15(18)14(11-6-3-2-4-7-11)16-10-12(17)13-8-5-9-20-13/h2-9,12,14,16-17H,10H2,1H3. The molecule has 1 aromatic heterocycles. The molecule has 1 aromatic carbocycles. The van der Waals surface area contributed by atoms with Gasteiger partial charge in [-0.3, -0.25) is 5.32 Å². The summed E-state index contributed by atoms with van der Waals surface area (Å²) in [6, 6.07) is 12.5. The van der Waals surface area contributed by atoms with E-state index in [-0.39, 0.29) is 12.5 Å². The Morgan fingerprint density at radius 1 is 1.30 bits per heavy atom. The maximum Gasteiger partial charge on any atom is 0.327 e. The summed E-state index contributed by atoms with van der Waals surface area (Å²) in [4.78, 5) is 12.7. The third-order valence-electron chi connectivity index (χ3n) is 2.96. The van der Waals surface area contributed by atoms with Gasteiger partial charge in [-0.25, -0.2) is 4.79 Å². The molecule has 0 bridgehead atoms.